The molecule has 0 bridgehead atoms. The molecule has 1 rings (SSSR count). The third-order valence-corrected chi connectivity index (χ3v) is 4.20. The minimum Gasteiger partial charge on any atom is -0.315 e. The molecule has 1 atom stereocenters. The average Bonchev–Trinajstić information content (AvgIpc) is 2.03. The van der Waals surface area contributed by atoms with Gasteiger partial charge in [-0.1, -0.05) is 18.2 Å². The van der Waals surface area contributed by atoms with Crippen LogP contribution in [0.1, 0.15) is 0 Å². The molecule has 12 heavy (non-hydrogen) atoms. The monoisotopic (exact) mass is 206 g/mol. The van der Waals surface area contributed by atoms with Crippen LogP contribution in [-0.4, -0.2) is 14.0 Å². The molecule has 0 aliphatic carbocycles. The Balaban J connectivity index is 3.03. The topological polar surface area (TPSA) is 74.6 Å². The molecule has 0 spiro atoms. The van der Waals surface area contributed by atoms with Gasteiger partial charge in [0.25, 0.3) is 0 Å². The Kier molecular flexibility index (Phi) is 2.80. The average molecular weight is 206 g/mol. The lowest BCUT2D eigenvalue weighted by Gasteiger charge is -2.01. The van der Waals surface area contributed by atoms with Crippen molar-refractivity contribution in [1.29, 1.82) is 0 Å². The minimum atomic E-state index is -4.51. The third kappa shape index (κ3) is 2.25. The molecule has 0 heterocycles. The molecule has 2 N–H and O–H groups in total. The van der Waals surface area contributed by atoms with Crippen molar-refractivity contribution in [2.24, 2.45) is 0 Å². The van der Waals surface area contributed by atoms with Crippen molar-refractivity contribution in [2.45, 2.75) is 4.90 Å². The second kappa shape index (κ2) is 3.49. The molecule has 0 saturated heterocycles. The van der Waals surface area contributed by atoms with Gasteiger partial charge in [-0.15, -0.1) is 0 Å². The summed E-state index contributed by atoms with van der Waals surface area (Å²) >= 11 is 0. The molecular formula is C6H7O4PS. The molecule has 4 nitrogen and oxygen atoms in total. The zero-order valence-corrected chi connectivity index (χ0v) is 7.66. The van der Waals surface area contributed by atoms with Crippen molar-refractivity contribution >= 4 is 17.2 Å². The summed E-state index contributed by atoms with van der Waals surface area (Å²) in [6, 6.07) is 7.65. The van der Waals surface area contributed by atoms with E-state index in [0.717, 1.165) is 0 Å². The normalized spacial score (nSPS) is 14.2. The van der Waals surface area contributed by atoms with Crippen molar-refractivity contribution in [1.82, 2.24) is 0 Å². The molecule has 0 fully saturated rings. The fraction of sp³-hybridized carbons (Fsp3) is 0. The molecule has 0 aromatic heterocycles. The summed E-state index contributed by atoms with van der Waals surface area (Å²) in [5, 5.41) is 0. The molecule has 1 aromatic rings. The Labute approximate surface area is 71.6 Å². The lowest BCUT2D eigenvalue weighted by molar-refractivity contribution is 0.394. The molecule has 1 aromatic carbocycles. The summed E-state index contributed by atoms with van der Waals surface area (Å²) in [6.07, 6.45) is 0. The predicted octanol–water partition coefficient (Wildman–Crippen LogP) is 0.887. The van der Waals surface area contributed by atoms with Gasteiger partial charge in [-0.2, -0.15) is 0 Å². The maximum atomic E-state index is 11.0. The molecule has 66 valence electrons. The van der Waals surface area contributed by atoms with Gasteiger partial charge < -0.3 is 9.79 Å². The van der Waals surface area contributed by atoms with Crippen molar-refractivity contribution in [3.05, 3.63) is 30.3 Å². The van der Waals surface area contributed by atoms with E-state index < -0.39 is 17.2 Å². The first-order chi connectivity index (χ1) is 5.52. The van der Waals surface area contributed by atoms with Crippen molar-refractivity contribution in [2.75, 3.05) is 0 Å². The van der Waals surface area contributed by atoms with Gasteiger partial charge in [0.2, 0.25) is 0 Å². The summed E-state index contributed by atoms with van der Waals surface area (Å²) in [5.41, 5.74) is 0. The SMILES string of the molecule is O=S(c1ccccc1)P(=O)(O)O. The zero-order chi connectivity index (χ0) is 9.19. The van der Waals surface area contributed by atoms with Crippen LogP contribution in [0.2, 0.25) is 0 Å². The minimum absolute atomic E-state index is 0.144. The molecule has 0 amide bonds. The van der Waals surface area contributed by atoms with Gasteiger partial charge in [0.15, 0.2) is 10.4 Å². The summed E-state index contributed by atoms with van der Waals surface area (Å²) in [5.74, 6) is 0. The lowest BCUT2D eigenvalue weighted by Crippen LogP contribution is -1.91. The van der Waals surface area contributed by atoms with Gasteiger partial charge in [-0.25, -0.2) is 8.77 Å². The lowest BCUT2D eigenvalue weighted by atomic mass is 10.4. The van der Waals surface area contributed by atoms with Gasteiger partial charge in [0.05, 0.1) is 4.90 Å². The third-order valence-electron chi connectivity index (χ3n) is 1.16. The summed E-state index contributed by atoms with van der Waals surface area (Å²) in [6.45, 7) is -4.51. The molecule has 0 saturated carbocycles. The van der Waals surface area contributed by atoms with Gasteiger partial charge in [0, 0.05) is 0 Å². The van der Waals surface area contributed by atoms with Gasteiger partial charge >= 0.3 is 6.80 Å². The van der Waals surface area contributed by atoms with Crippen LogP contribution in [-0.2, 0) is 15.0 Å². The highest BCUT2D eigenvalue weighted by Gasteiger charge is 2.24. The van der Waals surface area contributed by atoms with Crippen LogP contribution in [0.25, 0.3) is 0 Å². The van der Waals surface area contributed by atoms with Crippen LogP contribution in [0, 0.1) is 0 Å². The maximum absolute atomic E-state index is 11.0. The highest BCUT2D eigenvalue weighted by Crippen LogP contribution is 2.43. The molecule has 0 aliphatic rings. The van der Waals surface area contributed by atoms with Crippen molar-refractivity contribution in [3.8, 4) is 0 Å². The number of rotatable bonds is 2. The molecule has 0 aliphatic heterocycles. The number of hydrogen-bond donors (Lipinski definition) is 2. The van der Waals surface area contributed by atoms with Crippen molar-refractivity contribution < 1.29 is 18.6 Å². The fourth-order valence-corrected chi connectivity index (χ4v) is 2.53. The van der Waals surface area contributed by atoms with E-state index in [1.165, 1.54) is 12.1 Å². The first-order valence-corrected chi connectivity index (χ1v) is 6.41. The van der Waals surface area contributed by atoms with E-state index in [9.17, 15) is 8.77 Å². The van der Waals surface area contributed by atoms with Crippen molar-refractivity contribution in [3.63, 3.8) is 0 Å². The highest BCUT2D eigenvalue weighted by atomic mass is 32.8. The largest absolute Gasteiger partial charge is 0.418 e. The Morgan fingerprint density at radius 3 is 2.08 bits per heavy atom. The predicted molar refractivity (Wildman–Crippen MR) is 44.9 cm³/mol. The van der Waals surface area contributed by atoms with Crippen LogP contribution >= 0.6 is 6.80 Å². The zero-order valence-electron chi connectivity index (χ0n) is 5.95. The van der Waals surface area contributed by atoms with E-state index in [-0.39, 0.29) is 4.90 Å². The highest BCUT2D eigenvalue weighted by molar-refractivity contribution is 8.45. The molecule has 1 unspecified atom stereocenters. The number of benzene rings is 1. The van der Waals surface area contributed by atoms with Gasteiger partial charge in [-0.05, 0) is 12.1 Å². The van der Waals surface area contributed by atoms with E-state index in [4.69, 9.17) is 9.79 Å². The standard InChI is InChI=1S/C6H7O4PS/c7-11(8,9)12(10)6-4-2-1-3-5-6/h1-5H,(H2,7,8,9). The first kappa shape index (κ1) is 9.61. The molecule has 0 radical (unpaired) electrons. The van der Waals surface area contributed by atoms with E-state index >= 15 is 0 Å². The summed E-state index contributed by atoms with van der Waals surface area (Å²) in [4.78, 5) is 17.2. The number of hydrogen-bond acceptors (Lipinski definition) is 2. The van der Waals surface area contributed by atoms with E-state index in [2.05, 4.69) is 0 Å². The van der Waals surface area contributed by atoms with Crippen LogP contribution in [0.3, 0.4) is 0 Å². The fourth-order valence-electron chi connectivity index (χ4n) is 0.674. The maximum Gasteiger partial charge on any atom is 0.418 e. The smallest absolute Gasteiger partial charge is 0.315 e. The Hall–Kier alpha value is -0.480. The Bertz CT molecular complexity index is 331. The van der Waals surface area contributed by atoms with E-state index in [1.54, 1.807) is 18.2 Å². The van der Waals surface area contributed by atoms with Crippen LogP contribution < -0.4 is 0 Å². The van der Waals surface area contributed by atoms with Crippen LogP contribution in [0.15, 0.2) is 35.2 Å². The van der Waals surface area contributed by atoms with Crippen LogP contribution in [0.5, 0.6) is 0 Å². The van der Waals surface area contributed by atoms with E-state index in [0.29, 0.717) is 0 Å². The summed E-state index contributed by atoms with van der Waals surface area (Å²) in [7, 11) is -2.23. The first-order valence-electron chi connectivity index (χ1n) is 3.05. The Morgan fingerprint density at radius 2 is 1.67 bits per heavy atom. The molecule has 6 heteroatoms. The Morgan fingerprint density at radius 1 is 1.17 bits per heavy atom. The second-order valence-electron chi connectivity index (χ2n) is 2.05. The second-order valence-corrected chi connectivity index (χ2v) is 6.43. The molecular weight excluding hydrogens is 199 g/mol. The summed E-state index contributed by atoms with van der Waals surface area (Å²) < 4.78 is 21.5. The van der Waals surface area contributed by atoms with Gasteiger partial charge in [0.1, 0.15) is 0 Å². The van der Waals surface area contributed by atoms with Crippen LogP contribution in [0.4, 0.5) is 0 Å². The van der Waals surface area contributed by atoms with E-state index in [1.807, 2.05) is 0 Å². The quantitative estimate of drug-likeness (QED) is 0.704. The van der Waals surface area contributed by atoms with Gasteiger partial charge in [-0.3, -0.25) is 0 Å².